The molecule has 0 aliphatic carbocycles. The lowest BCUT2D eigenvalue weighted by molar-refractivity contribution is -0.118. The third-order valence-electron chi connectivity index (χ3n) is 6.68. The molecule has 5 N–H and O–H groups in total. The summed E-state index contributed by atoms with van der Waals surface area (Å²) < 4.78 is 36.2. The molecule has 38 heavy (non-hydrogen) atoms. The van der Waals surface area contributed by atoms with Gasteiger partial charge in [0.05, 0.1) is 16.6 Å². The molecular formula is C27H27Cl2F2N3O4. The van der Waals surface area contributed by atoms with Crippen LogP contribution in [-0.4, -0.2) is 29.1 Å². The number of carboxylic acids is 1. The number of carbonyl (C=O) groups excluding carboxylic acids is 1. The lowest BCUT2D eigenvalue weighted by Crippen LogP contribution is -2.52. The molecule has 4 unspecified atom stereocenters. The molecule has 3 aromatic rings. The maximum atomic E-state index is 15.6. The highest BCUT2D eigenvalue weighted by molar-refractivity contribution is 6.31. The smallest absolute Gasteiger partial charge is 0.371 e. The maximum absolute atomic E-state index is 15.6. The second-order valence-electron chi connectivity index (χ2n) is 10.6. The van der Waals surface area contributed by atoms with Gasteiger partial charge < -0.3 is 20.6 Å². The van der Waals surface area contributed by atoms with Gasteiger partial charge in [-0.1, -0.05) is 62.2 Å². The number of nitrogens with two attached hydrogens (primary N) is 1. The van der Waals surface area contributed by atoms with Gasteiger partial charge >= 0.3 is 5.97 Å². The van der Waals surface area contributed by atoms with Crippen LogP contribution >= 0.6 is 23.2 Å². The zero-order valence-electron chi connectivity index (χ0n) is 20.8. The van der Waals surface area contributed by atoms with E-state index in [2.05, 4.69) is 10.6 Å². The van der Waals surface area contributed by atoms with Gasteiger partial charge in [0.25, 0.3) is 0 Å². The van der Waals surface area contributed by atoms with Crippen LogP contribution in [0, 0.1) is 17.0 Å². The van der Waals surface area contributed by atoms with E-state index in [0.29, 0.717) is 6.42 Å². The number of furan rings is 1. The molecule has 1 fully saturated rings. The van der Waals surface area contributed by atoms with Gasteiger partial charge in [0.1, 0.15) is 11.6 Å². The van der Waals surface area contributed by atoms with Crippen molar-refractivity contribution in [1.29, 1.82) is 0 Å². The summed E-state index contributed by atoms with van der Waals surface area (Å²) in [6.07, 6.45) is 0.387. The van der Waals surface area contributed by atoms with Crippen LogP contribution in [0.25, 0.3) is 0 Å². The van der Waals surface area contributed by atoms with Crippen molar-refractivity contribution in [3.63, 3.8) is 0 Å². The Labute approximate surface area is 228 Å². The number of carbonyl (C=O) groups is 2. The van der Waals surface area contributed by atoms with Crippen molar-refractivity contribution in [2.24, 2.45) is 11.1 Å². The molecule has 202 valence electrons. The van der Waals surface area contributed by atoms with E-state index in [1.165, 1.54) is 42.5 Å². The van der Waals surface area contributed by atoms with Crippen LogP contribution in [0.15, 0.2) is 52.9 Å². The average Bonchev–Trinajstić information content (AvgIpc) is 3.38. The van der Waals surface area contributed by atoms with Crippen molar-refractivity contribution in [3.05, 3.63) is 87.1 Å². The van der Waals surface area contributed by atoms with Crippen molar-refractivity contribution in [2.45, 2.75) is 50.7 Å². The fraction of sp³-hybridized carbons (Fsp3) is 0.333. The lowest BCUT2D eigenvalue weighted by atomic mass is 9.68. The average molecular weight is 566 g/mol. The van der Waals surface area contributed by atoms with Gasteiger partial charge in [0.2, 0.25) is 17.6 Å². The minimum absolute atomic E-state index is 0.0177. The van der Waals surface area contributed by atoms with E-state index in [0.717, 1.165) is 6.07 Å². The van der Waals surface area contributed by atoms with E-state index < -0.39 is 47.1 Å². The van der Waals surface area contributed by atoms with E-state index in [9.17, 15) is 9.59 Å². The molecule has 7 nitrogen and oxygen atoms in total. The quantitative estimate of drug-likeness (QED) is 0.295. The standard InChI is InChI=1S/C27H27Cl2F2N3O4/c1-26(2,3)12-19-27(32,15-8-7-13(28)11-17(15)30)21(14-5-4-6-16(29)22(14)31)23(33-19)24(35)34-20-10-9-18(38-20)25(36)37/h4-11,19,21,23,33H,12,32H2,1-3H3,(H,34,35)(H,36,37). The predicted octanol–water partition coefficient (Wildman–Crippen LogP) is 5.92. The minimum atomic E-state index is -1.63. The zero-order chi connectivity index (χ0) is 28.0. The van der Waals surface area contributed by atoms with E-state index >= 15 is 8.78 Å². The third kappa shape index (κ3) is 5.29. The van der Waals surface area contributed by atoms with Crippen molar-refractivity contribution in [1.82, 2.24) is 5.32 Å². The first kappa shape index (κ1) is 28.0. The molecule has 4 atom stereocenters. The molecule has 1 amide bonds. The molecule has 0 spiro atoms. The molecule has 1 aromatic heterocycles. The van der Waals surface area contributed by atoms with Crippen LogP contribution in [0.3, 0.4) is 0 Å². The number of anilines is 1. The van der Waals surface area contributed by atoms with Gasteiger partial charge in [0, 0.05) is 28.6 Å². The molecule has 1 saturated heterocycles. The summed E-state index contributed by atoms with van der Waals surface area (Å²) in [7, 11) is 0. The first-order valence-corrected chi connectivity index (χ1v) is 12.6. The Kier molecular flexibility index (Phi) is 7.60. The second-order valence-corrected chi connectivity index (χ2v) is 11.4. The second kappa shape index (κ2) is 10.3. The Hall–Kier alpha value is -2.98. The van der Waals surface area contributed by atoms with Crippen LogP contribution in [-0.2, 0) is 10.3 Å². The summed E-state index contributed by atoms with van der Waals surface area (Å²) in [6.45, 7) is 5.89. The third-order valence-corrected chi connectivity index (χ3v) is 7.21. The Morgan fingerprint density at radius 1 is 1.16 bits per heavy atom. The molecule has 2 aromatic carbocycles. The molecular weight excluding hydrogens is 539 g/mol. The number of amides is 1. The van der Waals surface area contributed by atoms with E-state index in [1.54, 1.807) is 0 Å². The summed E-state index contributed by atoms with van der Waals surface area (Å²) in [5, 5.41) is 14.9. The Bertz CT molecular complexity index is 1390. The molecule has 2 heterocycles. The maximum Gasteiger partial charge on any atom is 0.371 e. The molecule has 0 radical (unpaired) electrons. The summed E-state index contributed by atoms with van der Waals surface area (Å²) >= 11 is 12.1. The van der Waals surface area contributed by atoms with Crippen molar-refractivity contribution in [3.8, 4) is 0 Å². The Morgan fingerprint density at radius 2 is 1.87 bits per heavy atom. The number of carboxylic acid groups (broad SMARTS) is 1. The molecule has 4 rings (SSSR count). The summed E-state index contributed by atoms with van der Waals surface area (Å²) in [4.78, 5) is 24.8. The van der Waals surface area contributed by atoms with Crippen molar-refractivity contribution >= 4 is 41.0 Å². The Morgan fingerprint density at radius 3 is 2.47 bits per heavy atom. The first-order chi connectivity index (χ1) is 17.7. The highest BCUT2D eigenvalue weighted by atomic mass is 35.5. The minimum Gasteiger partial charge on any atom is -0.475 e. The molecule has 1 aliphatic heterocycles. The van der Waals surface area contributed by atoms with Crippen LogP contribution < -0.4 is 16.4 Å². The number of hydrogen-bond acceptors (Lipinski definition) is 5. The highest BCUT2D eigenvalue weighted by Gasteiger charge is 2.58. The lowest BCUT2D eigenvalue weighted by Gasteiger charge is -2.40. The fourth-order valence-corrected chi connectivity index (χ4v) is 5.46. The van der Waals surface area contributed by atoms with Crippen molar-refractivity contribution < 1.29 is 27.9 Å². The zero-order valence-corrected chi connectivity index (χ0v) is 22.3. The number of benzene rings is 2. The van der Waals surface area contributed by atoms with E-state index in [1.807, 2.05) is 20.8 Å². The SMILES string of the molecule is CC(C)(C)CC1NC(C(=O)Nc2ccc(C(=O)O)o2)C(c2cccc(Cl)c2F)C1(N)c1ccc(Cl)cc1F. The van der Waals surface area contributed by atoms with Crippen LogP contribution in [0.4, 0.5) is 14.7 Å². The van der Waals surface area contributed by atoms with Crippen molar-refractivity contribution in [2.75, 3.05) is 5.32 Å². The molecule has 0 saturated carbocycles. The van der Waals surface area contributed by atoms with Gasteiger partial charge in [-0.2, -0.15) is 0 Å². The van der Waals surface area contributed by atoms with Gasteiger partial charge in [-0.25, -0.2) is 13.6 Å². The van der Waals surface area contributed by atoms with E-state index in [-0.39, 0.29) is 38.2 Å². The van der Waals surface area contributed by atoms with Crippen LogP contribution in [0.1, 0.15) is 54.8 Å². The summed E-state index contributed by atoms with van der Waals surface area (Å²) in [5.41, 5.74) is 5.21. The topological polar surface area (TPSA) is 118 Å². The number of nitrogens with one attached hydrogen (secondary N) is 2. The Balaban J connectivity index is 1.89. The predicted molar refractivity (Wildman–Crippen MR) is 141 cm³/mol. The van der Waals surface area contributed by atoms with Gasteiger partial charge in [-0.3, -0.25) is 10.1 Å². The number of hydrogen-bond donors (Lipinski definition) is 4. The van der Waals surface area contributed by atoms with Crippen LogP contribution in [0.5, 0.6) is 0 Å². The molecule has 11 heteroatoms. The monoisotopic (exact) mass is 565 g/mol. The van der Waals surface area contributed by atoms with Gasteiger partial charge in [0.15, 0.2) is 0 Å². The summed E-state index contributed by atoms with van der Waals surface area (Å²) in [5.74, 6) is -5.12. The number of aromatic carboxylic acids is 1. The first-order valence-electron chi connectivity index (χ1n) is 11.8. The molecule has 1 aliphatic rings. The largest absolute Gasteiger partial charge is 0.475 e. The van der Waals surface area contributed by atoms with Gasteiger partial charge in [-0.05, 0) is 41.7 Å². The highest BCUT2D eigenvalue weighted by Crippen LogP contribution is 2.50. The van der Waals surface area contributed by atoms with Crippen LogP contribution in [0.2, 0.25) is 10.0 Å². The normalized spacial score (nSPS) is 23.4. The fourth-order valence-electron chi connectivity index (χ4n) is 5.12. The summed E-state index contributed by atoms with van der Waals surface area (Å²) in [6, 6.07) is 8.97. The number of halogens is 4. The number of rotatable bonds is 6. The van der Waals surface area contributed by atoms with Gasteiger partial charge in [-0.15, -0.1) is 0 Å². The molecule has 0 bridgehead atoms. The van der Waals surface area contributed by atoms with E-state index in [4.69, 9.17) is 38.5 Å².